The highest BCUT2D eigenvalue weighted by Crippen LogP contribution is 2.45. The summed E-state index contributed by atoms with van der Waals surface area (Å²) in [7, 11) is 0. The van der Waals surface area contributed by atoms with E-state index in [0.29, 0.717) is 22.0 Å². The molecule has 188 valence electrons. The number of thiophene rings is 1. The normalized spacial score (nSPS) is 17.1. The molecule has 0 aliphatic carbocycles. The monoisotopic (exact) mass is 592 g/mol. The molecule has 2 aromatic carbocycles. The van der Waals surface area contributed by atoms with E-state index in [0.717, 1.165) is 27.0 Å². The Balaban J connectivity index is 1.60. The van der Waals surface area contributed by atoms with Crippen LogP contribution >= 0.6 is 39.0 Å². The quantitative estimate of drug-likeness (QED) is 0.309. The molecule has 1 aromatic heterocycles. The molecule has 9 heteroatoms. The second kappa shape index (κ2) is 12.4. The Labute approximate surface area is 233 Å². The lowest BCUT2D eigenvalue weighted by Crippen LogP contribution is -2.31. The first kappa shape index (κ1) is 26.9. The number of nitrogens with zero attached hydrogens (tertiary/aromatic N) is 2. The van der Waals surface area contributed by atoms with E-state index in [9.17, 15) is 14.9 Å². The van der Waals surface area contributed by atoms with Gasteiger partial charge >= 0.3 is 0 Å². The number of aliphatic imine (C=N–C) groups is 1. The van der Waals surface area contributed by atoms with Gasteiger partial charge in [-0.25, -0.2) is 4.99 Å². The predicted molar refractivity (Wildman–Crippen MR) is 156 cm³/mol. The average Bonchev–Trinajstić information content (AvgIpc) is 3.32. The summed E-state index contributed by atoms with van der Waals surface area (Å²) in [6.07, 6.45) is 0.880. The number of nitrogens with one attached hydrogen (secondary N) is 2. The minimum absolute atomic E-state index is 0.102. The first-order valence-electron chi connectivity index (χ1n) is 11.7. The Morgan fingerprint density at radius 1 is 1.11 bits per heavy atom. The highest BCUT2D eigenvalue weighted by molar-refractivity contribution is 9.10. The molecule has 2 N–H and O–H groups in total. The molecule has 6 nitrogen and oxygen atoms in total. The van der Waals surface area contributed by atoms with Gasteiger partial charge in [0.2, 0.25) is 5.91 Å². The van der Waals surface area contributed by atoms with Gasteiger partial charge in [0.15, 0.2) is 0 Å². The number of halogens is 1. The van der Waals surface area contributed by atoms with E-state index >= 15 is 0 Å². The van der Waals surface area contributed by atoms with Crippen molar-refractivity contribution in [1.29, 1.82) is 5.26 Å². The van der Waals surface area contributed by atoms with Gasteiger partial charge in [-0.05, 0) is 70.5 Å². The van der Waals surface area contributed by atoms with Crippen molar-refractivity contribution in [2.24, 2.45) is 10.9 Å². The second-order valence-electron chi connectivity index (χ2n) is 8.38. The maximum Gasteiger partial charge on any atom is 0.254 e. The smallest absolute Gasteiger partial charge is 0.254 e. The van der Waals surface area contributed by atoms with Crippen LogP contribution < -0.4 is 10.6 Å². The van der Waals surface area contributed by atoms with Gasteiger partial charge in [0, 0.05) is 37.9 Å². The summed E-state index contributed by atoms with van der Waals surface area (Å²) in [6.45, 7) is 3.84. The SMILES string of the molecule is CCc1cccc(NC(=O)CSC2=NC(C)=C(C(=O)Nc3ccccc3)C(c3sccc3Br)C2C#N)c1. The number of anilines is 2. The van der Waals surface area contributed by atoms with Crippen LogP contribution in [0.5, 0.6) is 0 Å². The first-order chi connectivity index (χ1) is 17.9. The maximum absolute atomic E-state index is 13.5. The summed E-state index contributed by atoms with van der Waals surface area (Å²) in [4.78, 5) is 31.7. The van der Waals surface area contributed by atoms with E-state index in [1.54, 1.807) is 6.92 Å². The van der Waals surface area contributed by atoms with Crippen molar-refractivity contribution in [1.82, 2.24) is 0 Å². The third kappa shape index (κ3) is 6.39. The topological polar surface area (TPSA) is 94.3 Å². The molecular formula is C28H25BrN4O2S2. The van der Waals surface area contributed by atoms with Gasteiger partial charge in [0.1, 0.15) is 5.92 Å². The minimum Gasteiger partial charge on any atom is -0.325 e. The highest BCUT2D eigenvalue weighted by atomic mass is 79.9. The molecule has 1 aliphatic heterocycles. The van der Waals surface area contributed by atoms with E-state index in [-0.39, 0.29) is 17.6 Å². The van der Waals surface area contributed by atoms with Gasteiger partial charge in [-0.1, -0.05) is 49.0 Å². The van der Waals surface area contributed by atoms with Gasteiger partial charge in [-0.15, -0.1) is 11.3 Å². The van der Waals surface area contributed by atoms with Crippen LogP contribution in [0.1, 0.15) is 30.2 Å². The summed E-state index contributed by atoms with van der Waals surface area (Å²) in [5, 5.41) is 18.6. The summed E-state index contributed by atoms with van der Waals surface area (Å²) in [5.41, 5.74) is 3.52. The summed E-state index contributed by atoms with van der Waals surface area (Å²) in [6, 6.07) is 21.2. The van der Waals surface area contributed by atoms with E-state index in [1.807, 2.05) is 66.0 Å². The fourth-order valence-corrected chi connectivity index (χ4v) is 6.81. The third-order valence-electron chi connectivity index (χ3n) is 5.89. The van der Waals surface area contributed by atoms with E-state index in [4.69, 9.17) is 0 Å². The zero-order valence-electron chi connectivity index (χ0n) is 20.3. The number of carbonyl (C=O) groups is 2. The number of benzene rings is 2. The highest BCUT2D eigenvalue weighted by Gasteiger charge is 2.40. The molecule has 2 atom stereocenters. The van der Waals surface area contributed by atoms with Crippen LogP contribution in [0.15, 0.2) is 86.8 Å². The summed E-state index contributed by atoms with van der Waals surface area (Å²) < 4.78 is 0.834. The van der Waals surface area contributed by atoms with Gasteiger partial charge in [0.25, 0.3) is 5.91 Å². The van der Waals surface area contributed by atoms with Crippen molar-refractivity contribution < 1.29 is 9.59 Å². The molecule has 0 bridgehead atoms. The van der Waals surface area contributed by atoms with Crippen molar-refractivity contribution in [2.45, 2.75) is 26.2 Å². The number of para-hydroxylation sites is 1. The lowest BCUT2D eigenvalue weighted by atomic mass is 9.82. The fourth-order valence-electron chi connectivity index (χ4n) is 4.12. The van der Waals surface area contributed by atoms with Crippen LogP contribution in [0, 0.1) is 17.2 Å². The number of aryl methyl sites for hydroxylation is 1. The molecule has 1 aliphatic rings. The largest absolute Gasteiger partial charge is 0.325 e. The first-order valence-corrected chi connectivity index (χ1v) is 14.4. The van der Waals surface area contributed by atoms with Crippen molar-refractivity contribution in [2.75, 3.05) is 16.4 Å². The molecule has 4 rings (SSSR count). The molecule has 2 heterocycles. The number of allylic oxidation sites excluding steroid dienone is 1. The Bertz CT molecular complexity index is 1410. The van der Waals surface area contributed by atoms with Crippen molar-refractivity contribution >= 4 is 67.3 Å². The molecule has 0 fully saturated rings. The van der Waals surface area contributed by atoms with Gasteiger partial charge in [0.05, 0.1) is 16.9 Å². The molecule has 37 heavy (non-hydrogen) atoms. The second-order valence-corrected chi connectivity index (χ2v) is 11.2. The molecule has 0 saturated heterocycles. The molecule has 0 saturated carbocycles. The van der Waals surface area contributed by atoms with Crippen LogP contribution in [0.4, 0.5) is 11.4 Å². The standard InChI is InChI=1S/C28H25BrN4O2S2/c1-3-18-8-7-11-20(14-18)32-23(34)16-37-28-21(15-30)25(26-22(29)12-13-36-26)24(17(2)31-28)27(35)33-19-9-5-4-6-10-19/h4-14,21,25H,3,16H2,1-2H3,(H,32,34)(H,33,35). The van der Waals surface area contributed by atoms with Crippen LogP contribution in [-0.4, -0.2) is 22.6 Å². The number of amides is 2. The van der Waals surface area contributed by atoms with Gasteiger partial charge in [-0.2, -0.15) is 5.26 Å². The van der Waals surface area contributed by atoms with Crippen molar-refractivity contribution in [3.63, 3.8) is 0 Å². The third-order valence-corrected chi connectivity index (χ3v) is 8.89. The average molecular weight is 594 g/mol. The van der Waals surface area contributed by atoms with E-state index in [1.165, 1.54) is 23.1 Å². The van der Waals surface area contributed by atoms with Crippen LogP contribution in [-0.2, 0) is 16.0 Å². The lowest BCUT2D eigenvalue weighted by molar-refractivity contribution is -0.114. The molecule has 3 aromatic rings. The molecule has 2 unspecified atom stereocenters. The van der Waals surface area contributed by atoms with Crippen LogP contribution in [0.25, 0.3) is 0 Å². The number of hydrogen-bond donors (Lipinski definition) is 2. The Morgan fingerprint density at radius 3 is 2.54 bits per heavy atom. The van der Waals surface area contributed by atoms with Crippen LogP contribution in [0.3, 0.4) is 0 Å². The maximum atomic E-state index is 13.5. The number of thioether (sulfide) groups is 1. The molecule has 0 spiro atoms. The van der Waals surface area contributed by atoms with E-state index < -0.39 is 11.8 Å². The van der Waals surface area contributed by atoms with E-state index in [2.05, 4.69) is 44.5 Å². The molecule has 2 amide bonds. The molecular weight excluding hydrogens is 568 g/mol. The lowest BCUT2D eigenvalue weighted by Gasteiger charge is -2.29. The minimum atomic E-state index is -0.712. The Morgan fingerprint density at radius 2 is 1.86 bits per heavy atom. The Hall–Kier alpha value is -3.19. The van der Waals surface area contributed by atoms with Crippen LogP contribution in [0.2, 0.25) is 0 Å². The van der Waals surface area contributed by atoms with Crippen molar-refractivity contribution in [3.8, 4) is 6.07 Å². The summed E-state index contributed by atoms with van der Waals surface area (Å²) in [5.74, 6) is -1.61. The Kier molecular flexibility index (Phi) is 8.98. The summed E-state index contributed by atoms with van der Waals surface area (Å²) >= 11 is 6.30. The number of nitriles is 1. The fraction of sp³-hybridized carbons (Fsp3) is 0.214. The number of rotatable bonds is 7. The predicted octanol–water partition coefficient (Wildman–Crippen LogP) is 6.99. The zero-order chi connectivity index (χ0) is 26.4. The van der Waals surface area contributed by atoms with Crippen molar-refractivity contribution in [3.05, 3.63) is 92.2 Å². The number of hydrogen-bond acceptors (Lipinski definition) is 6. The van der Waals surface area contributed by atoms with Gasteiger partial charge in [-0.3, -0.25) is 9.59 Å². The number of carbonyl (C=O) groups excluding carboxylic acids is 2. The molecule has 0 radical (unpaired) electrons. The zero-order valence-corrected chi connectivity index (χ0v) is 23.5. The van der Waals surface area contributed by atoms with Gasteiger partial charge < -0.3 is 10.6 Å².